The fourth-order valence-corrected chi connectivity index (χ4v) is 2.32. The van der Waals surface area contributed by atoms with Gasteiger partial charge in [0, 0.05) is 11.6 Å². The average Bonchev–Trinajstić information content (AvgIpc) is 2.44. The van der Waals surface area contributed by atoms with Crippen LogP contribution in [0.2, 0.25) is 5.02 Å². The predicted octanol–water partition coefficient (Wildman–Crippen LogP) is 4.26. The van der Waals surface area contributed by atoms with Crippen molar-refractivity contribution in [2.24, 2.45) is 0 Å². The van der Waals surface area contributed by atoms with E-state index in [2.05, 4.69) is 17.4 Å². The van der Waals surface area contributed by atoms with Gasteiger partial charge in [-0.2, -0.15) is 0 Å². The van der Waals surface area contributed by atoms with Crippen LogP contribution in [0.1, 0.15) is 22.3 Å². The number of benzene rings is 2. The van der Waals surface area contributed by atoms with Crippen LogP contribution in [0.15, 0.2) is 36.4 Å². The average molecular weight is 290 g/mol. The standard InChI is InChI=1S/C17H20ClNO/c1-12-8-16(9-13(2)17(12)18)20-11-15-7-5-4-6-14(15)10-19-3/h4-9,19H,10-11H2,1-3H3. The Morgan fingerprint density at radius 1 is 1.05 bits per heavy atom. The second-order valence-electron chi connectivity index (χ2n) is 4.96. The van der Waals surface area contributed by atoms with Crippen molar-refractivity contribution in [3.8, 4) is 5.75 Å². The van der Waals surface area contributed by atoms with Crippen LogP contribution >= 0.6 is 11.6 Å². The van der Waals surface area contributed by atoms with Crippen molar-refractivity contribution < 1.29 is 4.74 Å². The van der Waals surface area contributed by atoms with E-state index in [1.807, 2.05) is 45.2 Å². The molecule has 0 unspecified atom stereocenters. The maximum atomic E-state index is 6.17. The smallest absolute Gasteiger partial charge is 0.120 e. The molecule has 2 aromatic carbocycles. The Hall–Kier alpha value is -1.51. The zero-order valence-corrected chi connectivity index (χ0v) is 12.9. The first-order valence-corrected chi connectivity index (χ1v) is 7.10. The van der Waals surface area contributed by atoms with Gasteiger partial charge in [-0.05, 0) is 55.3 Å². The molecular formula is C17H20ClNO. The summed E-state index contributed by atoms with van der Waals surface area (Å²) in [6.07, 6.45) is 0. The van der Waals surface area contributed by atoms with E-state index in [-0.39, 0.29) is 0 Å². The zero-order chi connectivity index (χ0) is 14.5. The van der Waals surface area contributed by atoms with Crippen LogP contribution < -0.4 is 10.1 Å². The summed E-state index contributed by atoms with van der Waals surface area (Å²) in [7, 11) is 1.95. The van der Waals surface area contributed by atoms with Gasteiger partial charge in [-0.1, -0.05) is 35.9 Å². The van der Waals surface area contributed by atoms with Crippen molar-refractivity contribution in [2.45, 2.75) is 27.0 Å². The van der Waals surface area contributed by atoms with E-state index >= 15 is 0 Å². The van der Waals surface area contributed by atoms with Gasteiger partial charge in [0.2, 0.25) is 0 Å². The molecule has 0 heterocycles. The number of hydrogen-bond donors (Lipinski definition) is 1. The van der Waals surface area contributed by atoms with Crippen LogP contribution in [0.5, 0.6) is 5.75 Å². The van der Waals surface area contributed by atoms with E-state index in [0.717, 1.165) is 28.4 Å². The third-order valence-corrected chi connectivity index (χ3v) is 3.89. The van der Waals surface area contributed by atoms with Gasteiger partial charge < -0.3 is 10.1 Å². The minimum absolute atomic E-state index is 0.568. The molecule has 0 aliphatic rings. The highest BCUT2D eigenvalue weighted by atomic mass is 35.5. The molecule has 20 heavy (non-hydrogen) atoms. The second-order valence-corrected chi connectivity index (χ2v) is 5.34. The third kappa shape index (κ3) is 3.53. The van der Waals surface area contributed by atoms with Crippen LogP contribution in [0.4, 0.5) is 0 Å². The van der Waals surface area contributed by atoms with Gasteiger partial charge in [0.05, 0.1) is 0 Å². The molecule has 0 atom stereocenters. The van der Waals surface area contributed by atoms with Crippen LogP contribution in [-0.4, -0.2) is 7.05 Å². The lowest BCUT2D eigenvalue weighted by molar-refractivity contribution is 0.304. The number of hydrogen-bond acceptors (Lipinski definition) is 2. The van der Waals surface area contributed by atoms with Gasteiger partial charge in [0.15, 0.2) is 0 Å². The molecule has 0 aliphatic carbocycles. The molecular weight excluding hydrogens is 270 g/mol. The first-order valence-electron chi connectivity index (χ1n) is 6.72. The number of aryl methyl sites for hydroxylation is 2. The van der Waals surface area contributed by atoms with Crippen LogP contribution in [0.3, 0.4) is 0 Å². The van der Waals surface area contributed by atoms with E-state index < -0.39 is 0 Å². The Morgan fingerprint density at radius 3 is 2.25 bits per heavy atom. The third-order valence-electron chi connectivity index (χ3n) is 3.29. The normalized spacial score (nSPS) is 10.6. The molecule has 0 saturated heterocycles. The highest BCUT2D eigenvalue weighted by Crippen LogP contribution is 2.26. The lowest BCUT2D eigenvalue weighted by atomic mass is 10.1. The first kappa shape index (κ1) is 14.9. The Morgan fingerprint density at radius 2 is 1.65 bits per heavy atom. The monoisotopic (exact) mass is 289 g/mol. The molecule has 0 bridgehead atoms. The van der Waals surface area contributed by atoms with Crippen molar-refractivity contribution in [1.82, 2.24) is 5.32 Å². The molecule has 106 valence electrons. The molecule has 1 N–H and O–H groups in total. The van der Waals surface area contributed by atoms with Crippen molar-refractivity contribution in [1.29, 1.82) is 0 Å². The molecule has 0 amide bonds. The van der Waals surface area contributed by atoms with E-state index in [1.54, 1.807) is 0 Å². The Balaban J connectivity index is 2.13. The van der Waals surface area contributed by atoms with Gasteiger partial charge in [-0.3, -0.25) is 0 Å². The maximum absolute atomic E-state index is 6.17. The SMILES string of the molecule is CNCc1ccccc1COc1cc(C)c(Cl)c(C)c1. The number of halogens is 1. The van der Waals surface area contributed by atoms with Gasteiger partial charge >= 0.3 is 0 Å². The zero-order valence-electron chi connectivity index (χ0n) is 12.2. The lowest BCUT2D eigenvalue weighted by Crippen LogP contribution is -2.09. The predicted molar refractivity (Wildman–Crippen MR) is 84.5 cm³/mol. The van der Waals surface area contributed by atoms with E-state index in [4.69, 9.17) is 16.3 Å². The quantitative estimate of drug-likeness (QED) is 0.888. The second kappa shape index (κ2) is 6.78. The summed E-state index contributed by atoms with van der Waals surface area (Å²) in [5.41, 5.74) is 4.56. The molecule has 0 aromatic heterocycles. The topological polar surface area (TPSA) is 21.3 Å². The summed E-state index contributed by atoms with van der Waals surface area (Å²) < 4.78 is 5.91. The summed E-state index contributed by atoms with van der Waals surface area (Å²) in [4.78, 5) is 0. The highest BCUT2D eigenvalue weighted by molar-refractivity contribution is 6.32. The first-order chi connectivity index (χ1) is 9.61. The van der Waals surface area contributed by atoms with Crippen molar-refractivity contribution in [3.05, 3.63) is 63.7 Å². The summed E-state index contributed by atoms with van der Waals surface area (Å²) in [6, 6.07) is 12.3. The highest BCUT2D eigenvalue weighted by Gasteiger charge is 2.05. The largest absolute Gasteiger partial charge is 0.489 e. The summed E-state index contributed by atoms with van der Waals surface area (Å²) in [5.74, 6) is 0.865. The van der Waals surface area contributed by atoms with Crippen molar-refractivity contribution in [2.75, 3.05) is 7.05 Å². The minimum Gasteiger partial charge on any atom is -0.489 e. The number of rotatable bonds is 5. The van der Waals surface area contributed by atoms with E-state index in [9.17, 15) is 0 Å². The molecule has 2 nitrogen and oxygen atoms in total. The summed E-state index contributed by atoms with van der Waals surface area (Å²) in [6.45, 7) is 5.41. The number of ether oxygens (including phenoxy) is 1. The molecule has 0 spiro atoms. The fourth-order valence-electron chi connectivity index (χ4n) is 2.21. The van der Waals surface area contributed by atoms with Crippen LogP contribution in [-0.2, 0) is 13.2 Å². The molecule has 2 aromatic rings. The molecule has 3 heteroatoms. The van der Waals surface area contributed by atoms with E-state index in [0.29, 0.717) is 6.61 Å². The molecule has 0 saturated carbocycles. The van der Waals surface area contributed by atoms with Crippen LogP contribution in [0.25, 0.3) is 0 Å². The van der Waals surface area contributed by atoms with Crippen LogP contribution in [0, 0.1) is 13.8 Å². The molecule has 0 fully saturated rings. The number of nitrogens with one attached hydrogen (secondary N) is 1. The summed E-state index contributed by atoms with van der Waals surface area (Å²) in [5, 5.41) is 3.99. The van der Waals surface area contributed by atoms with Gasteiger partial charge in [-0.25, -0.2) is 0 Å². The van der Waals surface area contributed by atoms with E-state index in [1.165, 1.54) is 11.1 Å². The Kier molecular flexibility index (Phi) is 5.05. The summed E-state index contributed by atoms with van der Waals surface area (Å²) >= 11 is 6.17. The Labute approximate surface area is 125 Å². The van der Waals surface area contributed by atoms with Gasteiger partial charge in [0.1, 0.15) is 12.4 Å². The molecule has 0 aliphatic heterocycles. The van der Waals surface area contributed by atoms with Crippen molar-refractivity contribution >= 4 is 11.6 Å². The van der Waals surface area contributed by atoms with Crippen molar-refractivity contribution in [3.63, 3.8) is 0 Å². The molecule has 0 radical (unpaired) electrons. The molecule has 2 rings (SSSR count). The maximum Gasteiger partial charge on any atom is 0.120 e. The van der Waals surface area contributed by atoms with Gasteiger partial charge in [-0.15, -0.1) is 0 Å². The van der Waals surface area contributed by atoms with Gasteiger partial charge in [0.25, 0.3) is 0 Å². The Bertz CT molecular complexity index is 572. The lowest BCUT2D eigenvalue weighted by Gasteiger charge is -2.12. The minimum atomic E-state index is 0.568. The fraction of sp³-hybridized carbons (Fsp3) is 0.294.